The van der Waals surface area contributed by atoms with Gasteiger partial charge in [-0.25, -0.2) is 0 Å². The van der Waals surface area contributed by atoms with Gasteiger partial charge in [-0.2, -0.15) is 0 Å². The Morgan fingerprint density at radius 3 is 2.66 bits per heavy atom. The first kappa shape index (κ1) is 20.4. The van der Waals surface area contributed by atoms with Crippen molar-refractivity contribution in [2.45, 2.75) is 71.1 Å². The van der Waals surface area contributed by atoms with Crippen LogP contribution in [0.15, 0.2) is 23.0 Å². The quantitative estimate of drug-likeness (QED) is 0.727. The first-order valence-corrected chi connectivity index (χ1v) is 11.2. The number of nitrogens with one attached hydrogen (secondary N) is 2. The Bertz CT molecular complexity index is 943. The molecule has 2 aromatic rings. The van der Waals surface area contributed by atoms with Gasteiger partial charge >= 0.3 is 0 Å². The third-order valence-electron chi connectivity index (χ3n) is 6.41. The summed E-state index contributed by atoms with van der Waals surface area (Å²) in [6, 6.07) is 6.64. The van der Waals surface area contributed by atoms with Crippen molar-refractivity contribution in [3.8, 4) is 0 Å². The number of nitrogens with zero attached hydrogens (tertiary/aromatic N) is 1. The molecule has 4 rings (SSSR count). The zero-order valence-corrected chi connectivity index (χ0v) is 18.2. The van der Waals surface area contributed by atoms with Gasteiger partial charge in [0, 0.05) is 30.3 Å². The number of aryl methyl sites for hydroxylation is 2. The van der Waals surface area contributed by atoms with Crippen LogP contribution in [0.2, 0.25) is 0 Å². The average Bonchev–Trinajstić information content (AvgIpc) is 3.40. The number of pyridine rings is 1. The van der Waals surface area contributed by atoms with Crippen LogP contribution < -0.4 is 10.9 Å². The summed E-state index contributed by atoms with van der Waals surface area (Å²) in [6.07, 6.45) is 7.16. The van der Waals surface area contributed by atoms with Crippen molar-refractivity contribution >= 4 is 28.2 Å². The van der Waals surface area contributed by atoms with E-state index in [1.807, 2.05) is 6.07 Å². The van der Waals surface area contributed by atoms with Crippen LogP contribution in [0.1, 0.15) is 55.2 Å². The molecule has 2 aliphatic rings. The maximum absolute atomic E-state index is 12.8. The fourth-order valence-electron chi connectivity index (χ4n) is 4.51. The highest BCUT2D eigenvalue weighted by Gasteiger charge is 2.26. The van der Waals surface area contributed by atoms with E-state index < -0.39 is 0 Å². The van der Waals surface area contributed by atoms with Gasteiger partial charge < -0.3 is 19.9 Å². The highest BCUT2D eigenvalue weighted by molar-refractivity contribution is 7.80. The lowest BCUT2D eigenvalue weighted by molar-refractivity contribution is 0.113. The summed E-state index contributed by atoms with van der Waals surface area (Å²) >= 11 is 5.77. The Balaban J connectivity index is 1.56. The molecule has 1 atom stereocenters. The van der Waals surface area contributed by atoms with E-state index in [9.17, 15) is 4.79 Å². The molecule has 29 heavy (non-hydrogen) atoms. The van der Waals surface area contributed by atoms with Crippen LogP contribution >= 0.6 is 12.2 Å². The number of H-pyrrole nitrogens is 1. The van der Waals surface area contributed by atoms with Crippen LogP contribution in [-0.2, 0) is 11.3 Å². The largest absolute Gasteiger partial charge is 0.376 e. The number of rotatable bonds is 5. The SMILES string of the molecule is Cc1cc2cc(CN(C(=S)NCC3CCCO3)C3CCCC3)c(=O)[nH]c2cc1C. The van der Waals surface area contributed by atoms with Crippen LogP contribution in [0.25, 0.3) is 10.9 Å². The summed E-state index contributed by atoms with van der Waals surface area (Å²) in [6.45, 7) is 6.31. The molecular formula is C23H31N3O2S. The van der Waals surface area contributed by atoms with Crippen molar-refractivity contribution in [2.24, 2.45) is 0 Å². The zero-order chi connectivity index (χ0) is 20.4. The molecule has 0 spiro atoms. The standard InChI is InChI=1S/C23H31N3O2S/c1-15-10-17-12-18(22(27)25-21(17)11-16(15)2)14-26(19-6-3-4-7-19)23(29)24-13-20-8-5-9-28-20/h10-12,19-20H,3-9,13-14H2,1-2H3,(H,24,29)(H,25,27). The second-order valence-electron chi connectivity index (χ2n) is 8.53. The summed E-state index contributed by atoms with van der Waals surface area (Å²) in [7, 11) is 0. The van der Waals surface area contributed by atoms with Gasteiger partial charge in [-0.05, 0) is 86.5 Å². The van der Waals surface area contributed by atoms with Crippen molar-refractivity contribution in [3.63, 3.8) is 0 Å². The molecule has 1 saturated carbocycles. The van der Waals surface area contributed by atoms with E-state index >= 15 is 0 Å². The molecular weight excluding hydrogens is 382 g/mol. The molecule has 2 fully saturated rings. The molecule has 1 unspecified atom stereocenters. The normalized spacial score (nSPS) is 19.7. The number of aromatic amines is 1. The molecule has 1 saturated heterocycles. The topological polar surface area (TPSA) is 57.4 Å². The molecule has 1 aromatic heterocycles. The fourth-order valence-corrected chi connectivity index (χ4v) is 4.81. The van der Waals surface area contributed by atoms with E-state index in [1.54, 1.807) is 0 Å². The first-order chi connectivity index (χ1) is 14.0. The molecule has 2 heterocycles. The van der Waals surface area contributed by atoms with E-state index in [1.165, 1.54) is 24.0 Å². The molecule has 0 radical (unpaired) electrons. The summed E-state index contributed by atoms with van der Waals surface area (Å²) in [4.78, 5) is 18.1. The molecule has 1 aliphatic carbocycles. The molecule has 1 aromatic carbocycles. The van der Waals surface area contributed by atoms with Crippen molar-refractivity contribution in [1.29, 1.82) is 0 Å². The highest BCUT2D eigenvalue weighted by Crippen LogP contribution is 2.26. The Morgan fingerprint density at radius 1 is 1.17 bits per heavy atom. The third-order valence-corrected chi connectivity index (χ3v) is 6.79. The first-order valence-electron chi connectivity index (χ1n) is 10.8. The molecule has 2 N–H and O–H groups in total. The van der Waals surface area contributed by atoms with Crippen molar-refractivity contribution in [3.05, 3.63) is 45.2 Å². The summed E-state index contributed by atoms with van der Waals surface area (Å²) in [5.74, 6) is 0. The lowest BCUT2D eigenvalue weighted by Crippen LogP contribution is -2.47. The number of ether oxygens (including phenoxy) is 1. The number of benzene rings is 1. The second-order valence-corrected chi connectivity index (χ2v) is 8.92. The van der Waals surface area contributed by atoms with Gasteiger partial charge in [0.25, 0.3) is 5.56 Å². The van der Waals surface area contributed by atoms with Crippen molar-refractivity contribution in [1.82, 2.24) is 15.2 Å². The third kappa shape index (κ3) is 4.64. The smallest absolute Gasteiger partial charge is 0.253 e. The summed E-state index contributed by atoms with van der Waals surface area (Å²) in [5.41, 5.74) is 4.07. The van der Waals surface area contributed by atoms with Gasteiger partial charge in [-0.15, -0.1) is 0 Å². The van der Waals surface area contributed by atoms with Crippen LogP contribution in [0.3, 0.4) is 0 Å². The van der Waals surface area contributed by atoms with Gasteiger partial charge in [-0.1, -0.05) is 12.8 Å². The summed E-state index contributed by atoms with van der Waals surface area (Å²) < 4.78 is 5.72. The molecule has 156 valence electrons. The van der Waals surface area contributed by atoms with E-state index in [2.05, 4.69) is 41.2 Å². The van der Waals surface area contributed by atoms with Crippen LogP contribution in [0.5, 0.6) is 0 Å². The number of fused-ring (bicyclic) bond motifs is 1. The Labute approximate surface area is 177 Å². The second kappa shape index (κ2) is 8.84. The van der Waals surface area contributed by atoms with E-state index in [4.69, 9.17) is 17.0 Å². The lowest BCUT2D eigenvalue weighted by atomic mass is 10.0. The summed E-state index contributed by atoms with van der Waals surface area (Å²) in [5, 5.41) is 5.23. The van der Waals surface area contributed by atoms with Gasteiger partial charge in [0.15, 0.2) is 5.11 Å². The molecule has 0 amide bonds. The minimum atomic E-state index is -0.0225. The van der Waals surface area contributed by atoms with Gasteiger partial charge in [0.1, 0.15) is 0 Å². The highest BCUT2D eigenvalue weighted by atomic mass is 32.1. The van der Waals surface area contributed by atoms with E-state index in [0.29, 0.717) is 12.6 Å². The number of hydrogen-bond donors (Lipinski definition) is 2. The molecule has 0 bridgehead atoms. The van der Waals surface area contributed by atoms with Gasteiger partial charge in [0.2, 0.25) is 0 Å². The molecule has 6 heteroatoms. The number of hydrogen-bond acceptors (Lipinski definition) is 3. The van der Waals surface area contributed by atoms with E-state index in [-0.39, 0.29) is 11.7 Å². The van der Waals surface area contributed by atoms with Gasteiger partial charge in [-0.3, -0.25) is 4.79 Å². The number of aromatic nitrogens is 1. The fraction of sp³-hybridized carbons (Fsp3) is 0.565. The zero-order valence-electron chi connectivity index (χ0n) is 17.4. The van der Waals surface area contributed by atoms with Crippen molar-refractivity contribution in [2.75, 3.05) is 13.2 Å². The van der Waals surface area contributed by atoms with E-state index in [0.717, 1.165) is 60.4 Å². The van der Waals surface area contributed by atoms with Crippen LogP contribution in [0.4, 0.5) is 0 Å². The maximum Gasteiger partial charge on any atom is 0.253 e. The van der Waals surface area contributed by atoms with Crippen LogP contribution in [0, 0.1) is 13.8 Å². The Morgan fingerprint density at radius 2 is 1.93 bits per heavy atom. The lowest BCUT2D eigenvalue weighted by Gasteiger charge is -2.32. The Hall–Kier alpha value is -1.92. The van der Waals surface area contributed by atoms with Gasteiger partial charge in [0.05, 0.1) is 12.6 Å². The Kier molecular flexibility index (Phi) is 6.20. The minimum Gasteiger partial charge on any atom is -0.376 e. The molecule has 1 aliphatic heterocycles. The monoisotopic (exact) mass is 413 g/mol. The number of thiocarbonyl (C=S) groups is 1. The minimum absolute atomic E-state index is 0.0225. The molecule has 5 nitrogen and oxygen atoms in total. The average molecular weight is 414 g/mol. The maximum atomic E-state index is 12.8. The van der Waals surface area contributed by atoms with Crippen LogP contribution in [-0.4, -0.2) is 40.3 Å². The predicted molar refractivity (Wildman–Crippen MR) is 121 cm³/mol. The predicted octanol–water partition coefficient (Wildman–Crippen LogP) is 3.94. The van der Waals surface area contributed by atoms with Crippen molar-refractivity contribution < 1.29 is 4.74 Å².